The van der Waals surface area contributed by atoms with Crippen molar-refractivity contribution in [2.24, 2.45) is 11.7 Å². The summed E-state index contributed by atoms with van der Waals surface area (Å²) < 4.78 is 5.38. The van der Waals surface area contributed by atoms with Crippen molar-refractivity contribution in [3.8, 4) is 0 Å². The van der Waals surface area contributed by atoms with Gasteiger partial charge in [0.2, 0.25) is 5.91 Å². The van der Waals surface area contributed by atoms with Gasteiger partial charge in [0.1, 0.15) is 0 Å². The van der Waals surface area contributed by atoms with Gasteiger partial charge in [-0.2, -0.15) is 0 Å². The third-order valence-electron chi connectivity index (χ3n) is 5.30. The Bertz CT molecular complexity index is 550. The van der Waals surface area contributed by atoms with Crippen LogP contribution in [0.5, 0.6) is 0 Å². The van der Waals surface area contributed by atoms with Gasteiger partial charge in [-0.25, -0.2) is 0 Å². The summed E-state index contributed by atoms with van der Waals surface area (Å²) in [5.41, 5.74) is 8.05. The fraction of sp³-hybridized carbons (Fsp3) is 0.632. The van der Waals surface area contributed by atoms with Crippen molar-refractivity contribution in [3.05, 3.63) is 29.8 Å². The summed E-state index contributed by atoms with van der Waals surface area (Å²) in [6, 6.07) is 8.16. The lowest BCUT2D eigenvalue weighted by atomic mass is 9.74. The molecule has 132 valence electrons. The molecule has 1 saturated carbocycles. The molecule has 1 saturated heterocycles. The third kappa shape index (κ3) is 4.35. The van der Waals surface area contributed by atoms with Crippen molar-refractivity contribution < 1.29 is 9.53 Å². The molecule has 1 aliphatic heterocycles. The Hall–Kier alpha value is -1.43. The Morgan fingerprint density at radius 1 is 1.29 bits per heavy atom. The summed E-state index contributed by atoms with van der Waals surface area (Å²) >= 11 is 0. The molecule has 0 bridgehead atoms. The zero-order chi connectivity index (χ0) is 17.0. The number of hydrogen-bond donors (Lipinski definition) is 2. The molecule has 0 spiro atoms. The standard InChI is InChI=1S/C19H29N3O2/c1-19(20)9-3-2-4-17(19)18(23)21-16-7-5-15(6-8-16)14-22-10-12-24-13-11-22/h5-8,17H,2-4,9-14,20H2,1H3,(H,21,23). The van der Waals surface area contributed by atoms with Gasteiger partial charge in [-0.3, -0.25) is 9.69 Å². The highest BCUT2D eigenvalue weighted by molar-refractivity contribution is 5.93. The predicted octanol–water partition coefficient (Wildman–Crippen LogP) is 2.36. The number of rotatable bonds is 4. The lowest BCUT2D eigenvalue weighted by Gasteiger charge is -2.37. The van der Waals surface area contributed by atoms with Crippen molar-refractivity contribution in [1.29, 1.82) is 0 Å². The second kappa shape index (κ2) is 7.64. The van der Waals surface area contributed by atoms with Crippen molar-refractivity contribution in [2.75, 3.05) is 31.6 Å². The number of nitrogens with one attached hydrogen (secondary N) is 1. The van der Waals surface area contributed by atoms with E-state index in [2.05, 4.69) is 22.3 Å². The van der Waals surface area contributed by atoms with Crippen LogP contribution in [0.1, 0.15) is 38.2 Å². The molecular weight excluding hydrogens is 302 g/mol. The molecule has 0 radical (unpaired) electrons. The maximum Gasteiger partial charge on any atom is 0.229 e. The highest BCUT2D eigenvalue weighted by Crippen LogP contribution is 2.32. The van der Waals surface area contributed by atoms with Gasteiger partial charge in [0.15, 0.2) is 0 Å². The van der Waals surface area contributed by atoms with E-state index in [4.69, 9.17) is 10.5 Å². The highest BCUT2D eigenvalue weighted by Gasteiger charge is 2.37. The second-order valence-corrected chi connectivity index (χ2v) is 7.38. The molecule has 24 heavy (non-hydrogen) atoms. The van der Waals surface area contributed by atoms with E-state index < -0.39 is 5.54 Å². The zero-order valence-electron chi connectivity index (χ0n) is 14.6. The van der Waals surface area contributed by atoms with E-state index in [1.165, 1.54) is 5.56 Å². The molecule has 2 aliphatic rings. The van der Waals surface area contributed by atoms with E-state index in [0.29, 0.717) is 0 Å². The molecule has 2 atom stereocenters. The fourth-order valence-electron chi connectivity index (χ4n) is 3.73. The van der Waals surface area contributed by atoms with Crippen molar-refractivity contribution in [2.45, 2.75) is 44.7 Å². The van der Waals surface area contributed by atoms with Gasteiger partial charge in [-0.05, 0) is 37.5 Å². The first kappa shape index (κ1) is 17.4. The topological polar surface area (TPSA) is 67.6 Å². The van der Waals surface area contributed by atoms with Crippen LogP contribution in [0.2, 0.25) is 0 Å². The molecule has 2 fully saturated rings. The van der Waals surface area contributed by atoms with E-state index in [-0.39, 0.29) is 11.8 Å². The van der Waals surface area contributed by atoms with Crippen molar-refractivity contribution >= 4 is 11.6 Å². The summed E-state index contributed by atoms with van der Waals surface area (Å²) in [6.07, 6.45) is 4.01. The Morgan fingerprint density at radius 3 is 2.67 bits per heavy atom. The quantitative estimate of drug-likeness (QED) is 0.889. The van der Waals surface area contributed by atoms with Crippen LogP contribution >= 0.6 is 0 Å². The summed E-state index contributed by atoms with van der Waals surface area (Å²) in [7, 11) is 0. The Morgan fingerprint density at radius 2 is 2.00 bits per heavy atom. The first-order valence-electron chi connectivity index (χ1n) is 9.03. The van der Waals surface area contributed by atoms with E-state index in [0.717, 1.165) is 64.2 Å². The van der Waals surface area contributed by atoms with Crippen molar-refractivity contribution in [1.82, 2.24) is 4.90 Å². The molecule has 3 N–H and O–H groups in total. The van der Waals surface area contributed by atoms with E-state index in [9.17, 15) is 4.79 Å². The maximum atomic E-state index is 12.6. The SMILES string of the molecule is CC1(N)CCCCC1C(=O)Nc1ccc(CN2CCOCC2)cc1. The van der Waals surface area contributed by atoms with Crippen LogP contribution in [0.15, 0.2) is 24.3 Å². The number of nitrogens with two attached hydrogens (primary N) is 1. The number of anilines is 1. The monoisotopic (exact) mass is 331 g/mol. The summed E-state index contributed by atoms with van der Waals surface area (Å²) in [4.78, 5) is 15.0. The molecule has 5 nitrogen and oxygen atoms in total. The minimum atomic E-state index is -0.390. The highest BCUT2D eigenvalue weighted by atomic mass is 16.5. The average Bonchev–Trinajstić information content (AvgIpc) is 2.57. The number of hydrogen-bond acceptors (Lipinski definition) is 4. The summed E-state index contributed by atoms with van der Waals surface area (Å²) in [6.45, 7) is 6.52. The molecule has 1 aromatic carbocycles. The first-order valence-corrected chi connectivity index (χ1v) is 9.03. The minimum absolute atomic E-state index is 0.0561. The van der Waals surface area contributed by atoms with Gasteiger partial charge in [-0.1, -0.05) is 25.0 Å². The predicted molar refractivity (Wildman–Crippen MR) is 95.7 cm³/mol. The number of benzene rings is 1. The van der Waals surface area contributed by atoms with Gasteiger partial charge in [0.05, 0.1) is 19.1 Å². The molecule has 1 aliphatic carbocycles. The lowest BCUT2D eigenvalue weighted by Crippen LogP contribution is -2.51. The normalized spacial score (nSPS) is 28.5. The molecule has 5 heteroatoms. The van der Waals surface area contributed by atoms with Gasteiger partial charge >= 0.3 is 0 Å². The summed E-state index contributed by atoms with van der Waals surface area (Å²) in [5, 5.41) is 3.05. The smallest absolute Gasteiger partial charge is 0.229 e. The molecule has 1 heterocycles. The van der Waals surface area contributed by atoms with Crippen LogP contribution in [0.3, 0.4) is 0 Å². The zero-order valence-corrected chi connectivity index (χ0v) is 14.6. The largest absolute Gasteiger partial charge is 0.379 e. The number of morpholine rings is 1. The maximum absolute atomic E-state index is 12.6. The lowest BCUT2D eigenvalue weighted by molar-refractivity contribution is -0.122. The molecular formula is C19H29N3O2. The van der Waals surface area contributed by atoms with E-state index in [1.807, 2.05) is 19.1 Å². The first-order chi connectivity index (χ1) is 11.5. The minimum Gasteiger partial charge on any atom is -0.379 e. The second-order valence-electron chi connectivity index (χ2n) is 7.38. The van der Waals surface area contributed by atoms with Gasteiger partial charge in [-0.15, -0.1) is 0 Å². The average molecular weight is 331 g/mol. The molecule has 3 rings (SSSR count). The molecule has 1 aromatic rings. The van der Waals surface area contributed by atoms with E-state index in [1.54, 1.807) is 0 Å². The van der Waals surface area contributed by atoms with Crippen LogP contribution in [0.4, 0.5) is 5.69 Å². The molecule has 1 amide bonds. The molecule has 2 unspecified atom stereocenters. The van der Waals surface area contributed by atoms with Crippen LogP contribution in [-0.4, -0.2) is 42.6 Å². The van der Waals surface area contributed by atoms with Crippen molar-refractivity contribution in [3.63, 3.8) is 0 Å². The van der Waals surface area contributed by atoms with Crippen LogP contribution in [0.25, 0.3) is 0 Å². The Kier molecular flexibility index (Phi) is 5.54. The summed E-state index contributed by atoms with van der Waals surface area (Å²) in [5.74, 6) is -0.0418. The number of ether oxygens (including phenoxy) is 1. The Labute approximate surface area is 144 Å². The van der Waals surface area contributed by atoms with Gasteiger partial charge in [0, 0.05) is 30.9 Å². The van der Waals surface area contributed by atoms with Gasteiger partial charge < -0.3 is 15.8 Å². The van der Waals surface area contributed by atoms with E-state index >= 15 is 0 Å². The van der Waals surface area contributed by atoms with Gasteiger partial charge in [0.25, 0.3) is 0 Å². The fourth-order valence-corrected chi connectivity index (χ4v) is 3.73. The van der Waals surface area contributed by atoms with Crippen LogP contribution in [-0.2, 0) is 16.1 Å². The number of carbonyl (C=O) groups excluding carboxylic acids is 1. The Balaban J connectivity index is 1.56. The number of amides is 1. The molecule has 0 aromatic heterocycles. The third-order valence-corrected chi connectivity index (χ3v) is 5.30. The van der Waals surface area contributed by atoms with Crippen LogP contribution in [0, 0.1) is 5.92 Å². The number of nitrogens with zero attached hydrogens (tertiary/aromatic N) is 1. The number of carbonyl (C=O) groups is 1. The van der Waals surface area contributed by atoms with Crippen LogP contribution < -0.4 is 11.1 Å².